The number of nitrogens with one attached hydrogen (secondary N) is 2. The van der Waals surface area contributed by atoms with Gasteiger partial charge in [0, 0.05) is 17.8 Å². The molecule has 152 valence electrons. The lowest BCUT2D eigenvalue weighted by molar-refractivity contribution is -0.384. The van der Waals surface area contributed by atoms with Crippen molar-refractivity contribution in [3.05, 3.63) is 93.9 Å². The van der Waals surface area contributed by atoms with Crippen LogP contribution < -0.4 is 10.7 Å². The second-order valence-corrected chi connectivity index (χ2v) is 6.34. The van der Waals surface area contributed by atoms with Crippen LogP contribution in [0.5, 0.6) is 0 Å². The molecule has 0 radical (unpaired) electrons. The maximum atomic E-state index is 12.1. The van der Waals surface area contributed by atoms with Crippen molar-refractivity contribution < 1.29 is 18.9 Å². The highest BCUT2D eigenvalue weighted by molar-refractivity contribution is 6.04. The molecule has 9 nitrogen and oxygen atoms in total. The Bertz CT molecular complexity index is 1090. The Morgan fingerprint density at radius 2 is 1.87 bits per heavy atom. The number of benzene rings is 2. The van der Waals surface area contributed by atoms with Gasteiger partial charge in [0.15, 0.2) is 5.76 Å². The Labute approximate surface area is 171 Å². The van der Waals surface area contributed by atoms with E-state index in [2.05, 4.69) is 15.8 Å². The van der Waals surface area contributed by atoms with Crippen molar-refractivity contribution in [1.29, 1.82) is 0 Å². The van der Waals surface area contributed by atoms with Gasteiger partial charge in [-0.25, -0.2) is 5.43 Å². The molecule has 2 N–H and O–H groups in total. The molecule has 0 bridgehead atoms. The van der Waals surface area contributed by atoms with Gasteiger partial charge < -0.3 is 9.73 Å². The molecular weight excluding hydrogens is 388 g/mol. The first-order valence-electron chi connectivity index (χ1n) is 8.94. The summed E-state index contributed by atoms with van der Waals surface area (Å²) in [5.74, 6) is -0.530. The number of hydrogen-bond donors (Lipinski definition) is 2. The summed E-state index contributed by atoms with van der Waals surface area (Å²) >= 11 is 0. The number of amides is 2. The summed E-state index contributed by atoms with van der Waals surface area (Å²) in [4.78, 5) is 34.3. The normalized spacial score (nSPS) is 11.0. The zero-order valence-electron chi connectivity index (χ0n) is 16.0. The summed E-state index contributed by atoms with van der Waals surface area (Å²) in [7, 11) is 0. The van der Waals surface area contributed by atoms with Crippen molar-refractivity contribution in [3.63, 3.8) is 0 Å². The van der Waals surface area contributed by atoms with Gasteiger partial charge in [0.1, 0.15) is 0 Å². The molecule has 0 saturated carbocycles. The van der Waals surface area contributed by atoms with Crippen LogP contribution in [0.25, 0.3) is 0 Å². The summed E-state index contributed by atoms with van der Waals surface area (Å²) in [5, 5.41) is 17.5. The largest absolute Gasteiger partial charge is 0.459 e. The van der Waals surface area contributed by atoms with Gasteiger partial charge in [-0.3, -0.25) is 19.7 Å². The lowest BCUT2D eigenvalue weighted by Gasteiger charge is -2.07. The summed E-state index contributed by atoms with van der Waals surface area (Å²) in [6, 6.07) is 15.9. The number of nitrogens with zero attached hydrogens (tertiary/aromatic N) is 2. The van der Waals surface area contributed by atoms with Gasteiger partial charge in [0.25, 0.3) is 11.6 Å². The van der Waals surface area contributed by atoms with E-state index in [4.69, 9.17) is 4.42 Å². The molecule has 1 heterocycles. The van der Waals surface area contributed by atoms with Crippen LogP contribution in [-0.4, -0.2) is 22.4 Å². The van der Waals surface area contributed by atoms with Crippen LogP contribution in [0, 0.1) is 10.1 Å². The van der Waals surface area contributed by atoms with Gasteiger partial charge in [0.2, 0.25) is 5.91 Å². The maximum Gasteiger partial charge on any atom is 0.291 e. The van der Waals surface area contributed by atoms with E-state index < -0.39 is 4.92 Å². The molecule has 0 spiro atoms. The van der Waals surface area contributed by atoms with Crippen molar-refractivity contribution in [2.24, 2.45) is 5.10 Å². The number of nitro benzene ring substituents is 1. The van der Waals surface area contributed by atoms with Crippen LogP contribution >= 0.6 is 0 Å². The van der Waals surface area contributed by atoms with Gasteiger partial charge in [-0.2, -0.15) is 5.10 Å². The fraction of sp³-hybridized carbons (Fsp3) is 0.0952. The minimum absolute atomic E-state index is 0.0351. The van der Waals surface area contributed by atoms with E-state index in [1.54, 1.807) is 43.3 Å². The first kappa shape index (κ1) is 20.5. The first-order chi connectivity index (χ1) is 14.4. The zero-order valence-corrected chi connectivity index (χ0v) is 16.0. The van der Waals surface area contributed by atoms with Crippen molar-refractivity contribution in [2.75, 3.05) is 5.32 Å². The predicted octanol–water partition coefficient (Wildman–Crippen LogP) is 3.52. The highest BCUT2D eigenvalue weighted by Gasteiger charge is 2.10. The number of furan rings is 1. The predicted molar refractivity (Wildman–Crippen MR) is 110 cm³/mol. The lowest BCUT2D eigenvalue weighted by atomic mass is 10.1. The second kappa shape index (κ2) is 9.28. The van der Waals surface area contributed by atoms with Crippen molar-refractivity contribution >= 4 is 28.9 Å². The van der Waals surface area contributed by atoms with Gasteiger partial charge in [-0.1, -0.05) is 24.3 Å². The molecule has 0 atom stereocenters. The number of carbonyl (C=O) groups excluding carboxylic acids is 2. The number of anilines is 1. The summed E-state index contributed by atoms with van der Waals surface area (Å²) in [5.41, 5.74) is 4.87. The monoisotopic (exact) mass is 406 g/mol. The Morgan fingerprint density at radius 1 is 1.10 bits per heavy atom. The van der Waals surface area contributed by atoms with Gasteiger partial charge in [-0.15, -0.1) is 0 Å². The van der Waals surface area contributed by atoms with Gasteiger partial charge in [0.05, 0.1) is 23.3 Å². The summed E-state index contributed by atoms with van der Waals surface area (Å²) in [6.45, 7) is 1.72. The molecule has 30 heavy (non-hydrogen) atoms. The molecule has 0 aliphatic heterocycles. The summed E-state index contributed by atoms with van der Waals surface area (Å²) < 4.78 is 5.06. The van der Waals surface area contributed by atoms with E-state index in [9.17, 15) is 19.7 Å². The fourth-order valence-electron chi connectivity index (χ4n) is 2.59. The van der Waals surface area contributed by atoms with Crippen LogP contribution in [-0.2, 0) is 11.2 Å². The number of nitro groups is 1. The quantitative estimate of drug-likeness (QED) is 0.353. The molecule has 3 rings (SSSR count). The fourth-order valence-corrected chi connectivity index (χ4v) is 2.59. The number of hydrazone groups is 1. The molecular formula is C21H18N4O5. The maximum absolute atomic E-state index is 12.1. The Kier molecular flexibility index (Phi) is 6.33. The average molecular weight is 406 g/mol. The van der Waals surface area contributed by atoms with Crippen LogP contribution in [0.15, 0.2) is 76.4 Å². The van der Waals surface area contributed by atoms with E-state index in [0.29, 0.717) is 22.5 Å². The lowest BCUT2D eigenvalue weighted by Crippen LogP contribution is -2.21. The Hall–Kier alpha value is -4.27. The van der Waals surface area contributed by atoms with Gasteiger partial charge >= 0.3 is 0 Å². The molecule has 2 amide bonds. The van der Waals surface area contributed by atoms with Crippen LogP contribution in [0.1, 0.15) is 28.6 Å². The highest BCUT2D eigenvalue weighted by Crippen LogP contribution is 2.14. The smallest absolute Gasteiger partial charge is 0.291 e. The molecule has 0 fully saturated rings. The molecule has 2 aromatic carbocycles. The third kappa shape index (κ3) is 5.38. The van der Waals surface area contributed by atoms with E-state index in [-0.39, 0.29) is 29.7 Å². The molecule has 0 unspecified atom stereocenters. The van der Waals surface area contributed by atoms with Crippen LogP contribution in [0.3, 0.4) is 0 Å². The first-order valence-corrected chi connectivity index (χ1v) is 8.94. The molecule has 1 aromatic heterocycles. The average Bonchev–Trinajstić information content (AvgIpc) is 3.28. The Balaban J connectivity index is 1.60. The number of rotatable bonds is 7. The zero-order chi connectivity index (χ0) is 21.5. The third-order valence-electron chi connectivity index (χ3n) is 4.14. The van der Waals surface area contributed by atoms with E-state index in [1.165, 1.54) is 30.5 Å². The number of carbonyl (C=O) groups is 2. The molecule has 0 aliphatic carbocycles. The van der Waals surface area contributed by atoms with Crippen LogP contribution in [0.4, 0.5) is 11.4 Å². The minimum atomic E-state index is -0.497. The molecule has 3 aromatic rings. The van der Waals surface area contributed by atoms with Crippen LogP contribution in [0.2, 0.25) is 0 Å². The third-order valence-corrected chi connectivity index (χ3v) is 4.14. The van der Waals surface area contributed by atoms with Crippen molar-refractivity contribution in [2.45, 2.75) is 13.3 Å². The minimum Gasteiger partial charge on any atom is -0.459 e. The molecule has 0 saturated heterocycles. The molecule has 9 heteroatoms. The second-order valence-electron chi connectivity index (χ2n) is 6.34. The topological polar surface area (TPSA) is 127 Å². The van der Waals surface area contributed by atoms with Crippen molar-refractivity contribution in [1.82, 2.24) is 5.43 Å². The van der Waals surface area contributed by atoms with E-state index >= 15 is 0 Å². The van der Waals surface area contributed by atoms with E-state index in [0.717, 1.165) is 0 Å². The SMILES string of the molecule is C/C(=N\NC(=O)Cc1ccc([N+](=O)[O-])cc1)c1cccc(NC(=O)c2ccco2)c1. The summed E-state index contributed by atoms with van der Waals surface area (Å²) in [6.07, 6.45) is 1.45. The van der Waals surface area contributed by atoms with Gasteiger partial charge in [-0.05, 0) is 42.3 Å². The van der Waals surface area contributed by atoms with Crippen molar-refractivity contribution in [3.8, 4) is 0 Å². The number of non-ortho nitro benzene ring substituents is 1. The Morgan fingerprint density at radius 3 is 2.53 bits per heavy atom. The van der Waals surface area contributed by atoms with E-state index in [1.807, 2.05) is 0 Å². The standard InChI is InChI=1S/C21H18N4O5/c1-14(23-24-20(26)12-15-7-9-18(10-8-15)25(28)29)16-4-2-5-17(13-16)22-21(27)19-6-3-11-30-19/h2-11,13H,12H2,1H3,(H,22,27)(H,24,26)/b23-14+. The highest BCUT2D eigenvalue weighted by atomic mass is 16.6. The molecule has 0 aliphatic rings. The number of hydrogen-bond acceptors (Lipinski definition) is 6.